The summed E-state index contributed by atoms with van der Waals surface area (Å²) in [6.45, 7) is 8.51. The molecule has 148 valence electrons. The third-order valence-corrected chi connectivity index (χ3v) is 6.46. The highest BCUT2D eigenvalue weighted by molar-refractivity contribution is 7.18. The summed E-state index contributed by atoms with van der Waals surface area (Å²) in [5.74, 6) is 0.0245. The van der Waals surface area contributed by atoms with Gasteiger partial charge in [-0.1, -0.05) is 6.92 Å². The lowest BCUT2D eigenvalue weighted by Crippen LogP contribution is -2.50. The van der Waals surface area contributed by atoms with E-state index in [4.69, 9.17) is 0 Å². The maximum Gasteiger partial charge on any atom is 0.262 e. The van der Waals surface area contributed by atoms with Gasteiger partial charge in [0.25, 0.3) is 5.56 Å². The van der Waals surface area contributed by atoms with Crippen LogP contribution in [-0.4, -0.2) is 57.2 Å². The van der Waals surface area contributed by atoms with Crippen LogP contribution in [0.25, 0.3) is 10.2 Å². The molecule has 3 rings (SSSR count). The molecule has 1 amide bonds. The van der Waals surface area contributed by atoms with Crippen molar-refractivity contribution in [3.63, 3.8) is 0 Å². The second-order valence-corrected chi connectivity index (χ2v) is 8.69. The highest BCUT2D eigenvalue weighted by Gasteiger charge is 2.33. The fourth-order valence-corrected chi connectivity index (χ4v) is 4.50. The molecule has 0 unspecified atom stereocenters. The Kier molecular flexibility index (Phi) is 5.98. The number of fused-ring (bicyclic) bond motifs is 1. The van der Waals surface area contributed by atoms with Gasteiger partial charge < -0.3 is 10.4 Å². The fourth-order valence-electron chi connectivity index (χ4n) is 3.51. The van der Waals surface area contributed by atoms with Crippen molar-refractivity contribution >= 4 is 27.5 Å². The van der Waals surface area contributed by atoms with Crippen molar-refractivity contribution in [3.8, 4) is 0 Å². The van der Waals surface area contributed by atoms with E-state index in [2.05, 4.69) is 15.2 Å². The maximum atomic E-state index is 12.8. The predicted octanol–water partition coefficient (Wildman–Crippen LogP) is 1.43. The van der Waals surface area contributed by atoms with Crippen molar-refractivity contribution in [2.75, 3.05) is 26.2 Å². The number of rotatable bonds is 6. The van der Waals surface area contributed by atoms with Gasteiger partial charge in [-0.25, -0.2) is 4.98 Å². The molecule has 0 radical (unpaired) electrons. The quantitative estimate of drug-likeness (QED) is 0.777. The zero-order valence-electron chi connectivity index (χ0n) is 16.2. The first-order valence-electron chi connectivity index (χ1n) is 9.49. The number of thiophene rings is 1. The smallest absolute Gasteiger partial charge is 0.262 e. The van der Waals surface area contributed by atoms with Crippen LogP contribution in [0.1, 0.15) is 36.6 Å². The van der Waals surface area contributed by atoms with Crippen LogP contribution in [0.3, 0.4) is 0 Å². The van der Waals surface area contributed by atoms with Crippen molar-refractivity contribution in [2.45, 2.75) is 52.2 Å². The highest BCUT2D eigenvalue weighted by atomic mass is 32.1. The minimum atomic E-state index is -0.950. The number of amides is 1. The van der Waals surface area contributed by atoms with Crippen LogP contribution >= 0.6 is 11.3 Å². The lowest BCUT2D eigenvalue weighted by molar-refractivity contribution is -0.123. The van der Waals surface area contributed by atoms with Crippen molar-refractivity contribution in [1.82, 2.24) is 19.8 Å². The average Bonchev–Trinajstić information content (AvgIpc) is 2.93. The van der Waals surface area contributed by atoms with Crippen LogP contribution in [0, 0.1) is 13.8 Å². The zero-order valence-corrected chi connectivity index (χ0v) is 17.1. The summed E-state index contributed by atoms with van der Waals surface area (Å²) in [4.78, 5) is 33.0. The Morgan fingerprint density at radius 3 is 2.74 bits per heavy atom. The topological polar surface area (TPSA) is 87.5 Å². The zero-order chi connectivity index (χ0) is 19.6. The summed E-state index contributed by atoms with van der Waals surface area (Å²) in [6.07, 6.45) is 3.52. The summed E-state index contributed by atoms with van der Waals surface area (Å²) in [5.41, 5.74) is -0.0624. The highest BCUT2D eigenvalue weighted by Crippen LogP contribution is 2.27. The summed E-state index contributed by atoms with van der Waals surface area (Å²) in [5, 5.41) is 14.5. The molecular weight excluding hydrogens is 364 g/mol. The number of aryl methyl sites for hydroxylation is 2. The Morgan fingerprint density at radius 1 is 1.37 bits per heavy atom. The van der Waals surface area contributed by atoms with Crippen LogP contribution < -0.4 is 10.9 Å². The van der Waals surface area contributed by atoms with Crippen molar-refractivity contribution < 1.29 is 9.90 Å². The molecule has 1 saturated heterocycles. The molecule has 0 atom stereocenters. The molecule has 7 nitrogen and oxygen atoms in total. The molecule has 0 spiro atoms. The van der Waals surface area contributed by atoms with Gasteiger partial charge in [-0.3, -0.25) is 19.1 Å². The Labute approximate surface area is 163 Å². The first-order chi connectivity index (χ1) is 12.8. The van der Waals surface area contributed by atoms with Gasteiger partial charge in [-0.15, -0.1) is 11.3 Å². The van der Waals surface area contributed by atoms with Crippen LogP contribution in [0.4, 0.5) is 0 Å². The largest absolute Gasteiger partial charge is 0.388 e. The monoisotopic (exact) mass is 392 g/mol. The number of carbonyl (C=O) groups is 1. The summed E-state index contributed by atoms with van der Waals surface area (Å²) in [7, 11) is 0. The summed E-state index contributed by atoms with van der Waals surface area (Å²) >= 11 is 1.53. The first kappa shape index (κ1) is 20.0. The Bertz CT molecular complexity index is 881. The third kappa shape index (κ3) is 4.39. The lowest BCUT2D eigenvalue weighted by atomic mass is 9.91. The number of piperidine rings is 1. The molecule has 2 aromatic heterocycles. The van der Waals surface area contributed by atoms with E-state index >= 15 is 0 Å². The molecule has 2 aromatic rings. The first-order valence-corrected chi connectivity index (χ1v) is 10.3. The van der Waals surface area contributed by atoms with Crippen LogP contribution in [-0.2, 0) is 11.3 Å². The van der Waals surface area contributed by atoms with Gasteiger partial charge in [0.2, 0.25) is 5.91 Å². The Hall–Kier alpha value is -1.77. The maximum absolute atomic E-state index is 12.8. The number of nitrogens with one attached hydrogen (secondary N) is 1. The number of nitrogens with zero attached hydrogens (tertiary/aromatic N) is 3. The molecule has 1 aliphatic heterocycles. The second-order valence-electron chi connectivity index (χ2n) is 7.49. The van der Waals surface area contributed by atoms with Crippen molar-refractivity contribution in [2.24, 2.45) is 0 Å². The SMILES string of the molecule is CCCNC(=O)CN1CCC(O)(Cn2cnc3sc(C)c(C)c3c2=O)CC1. The molecule has 0 bridgehead atoms. The number of carbonyl (C=O) groups excluding carboxylic acids is 1. The van der Waals surface area contributed by atoms with Crippen LogP contribution in [0.2, 0.25) is 0 Å². The van der Waals surface area contributed by atoms with E-state index in [-0.39, 0.29) is 18.0 Å². The van der Waals surface area contributed by atoms with Gasteiger partial charge in [0.05, 0.1) is 30.4 Å². The average molecular weight is 393 g/mol. The van der Waals surface area contributed by atoms with E-state index in [0.717, 1.165) is 21.7 Å². The number of likely N-dealkylation sites (tertiary alicyclic amines) is 1. The van der Waals surface area contributed by atoms with E-state index in [1.54, 1.807) is 6.33 Å². The van der Waals surface area contributed by atoms with Crippen molar-refractivity contribution in [3.05, 3.63) is 27.1 Å². The number of hydrogen-bond acceptors (Lipinski definition) is 6. The molecule has 3 heterocycles. The van der Waals surface area contributed by atoms with E-state index in [1.807, 2.05) is 20.8 Å². The molecule has 8 heteroatoms. The summed E-state index contributed by atoms with van der Waals surface area (Å²) in [6, 6.07) is 0. The van der Waals surface area contributed by atoms with Gasteiger partial charge in [0.1, 0.15) is 4.83 Å². The standard InChI is InChI=1S/C19H28N4O3S/c1-4-7-20-15(24)10-22-8-5-19(26,6-9-22)11-23-12-21-17-16(18(23)25)13(2)14(3)27-17/h12,26H,4-11H2,1-3H3,(H,20,24). The van der Waals surface area contributed by atoms with Crippen molar-refractivity contribution in [1.29, 1.82) is 0 Å². The Balaban J connectivity index is 1.66. The molecule has 0 saturated carbocycles. The Morgan fingerprint density at radius 2 is 2.07 bits per heavy atom. The molecule has 27 heavy (non-hydrogen) atoms. The van der Waals surface area contributed by atoms with E-state index < -0.39 is 5.60 Å². The van der Waals surface area contributed by atoms with E-state index in [1.165, 1.54) is 15.9 Å². The molecule has 2 N–H and O–H groups in total. The van der Waals surface area contributed by atoms with E-state index in [9.17, 15) is 14.7 Å². The fraction of sp³-hybridized carbons (Fsp3) is 0.632. The van der Waals surface area contributed by atoms with Crippen LogP contribution in [0.5, 0.6) is 0 Å². The van der Waals surface area contributed by atoms with Gasteiger partial charge in [-0.2, -0.15) is 0 Å². The summed E-state index contributed by atoms with van der Waals surface area (Å²) < 4.78 is 1.53. The number of hydrogen-bond donors (Lipinski definition) is 2. The van der Waals surface area contributed by atoms with Gasteiger partial charge >= 0.3 is 0 Å². The molecule has 1 aliphatic rings. The normalized spacial score (nSPS) is 17.3. The molecule has 1 fully saturated rings. The predicted molar refractivity (Wildman–Crippen MR) is 107 cm³/mol. The minimum Gasteiger partial charge on any atom is -0.388 e. The third-order valence-electron chi connectivity index (χ3n) is 5.35. The van der Waals surface area contributed by atoms with E-state index in [0.29, 0.717) is 44.4 Å². The van der Waals surface area contributed by atoms with Gasteiger partial charge in [0, 0.05) is 24.5 Å². The number of aliphatic hydroxyl groups is 1. The van der Waals surface area contributed by atoms with Crippen LogP contribution in [0.15, 0.2) is 11.1 Å². The number of aromatic nitrogens is 2. The molecule has 0 aromatic carbocycles. The van der Waals surface area contributed by atoms with Gasteiger partial charge in [-0.05, 0) is 38.7 Å². The molecule has 0 aliphatic carbocycles. The minimum absolute atomic E-state index is 0.0245. The second kappa shape index (κ2) is 8.08. The molecular formula is C19H28N4O3S. The van der Waals surface area contributed by atoms with Gasteiger partial charge in [0.15, 0.2) is 0 Å². The lowest BCUT2D eigenvalue weighted by Gasteiger charge is -2.38.